The molecule has 0 amide bonds. The second-order valence-corrected chi connectivity index (χ2v) is 6.55. The van der Waals surface area contributed by atoms with Gasteiger partial charge in [0.2, 0.25) is 0 Å². The molecule has 0 spiro atoms. The van der Waals surface area contributed by atoms with E-state index in [0.29, 0.717) is 0 Å². The lowest BCUT2D eigenvalue weighted by molar-refractivity contribution is -0.929. The molecule has 0 heterocycles. The summed E-state index contributed by atoms with van der Waals surface area (Å²) >= 11 is -3.11. The smallest absolute Gasteiger partial charge is 0.503 e. The summed E-state index contributed by atoms with van der Waals surface area (Å²) in [4.78, 5) is 8.56. The van der Waals surface area contributed by atoms with Crippen LogP contribution in [0, 0.1) is 0 Å². The molecule has 0 atom stereocenters. The third-order valence-corrected chi connectivity index (χ3v) is 3.94. The van der Waals surface area contributed by atoms with E-state index in [4.69, 9.17) is 28.3 Å². The SMILES string of the molecule is CCCC[N+](CCCC)(CCCC)CCCC.O=C(O)O.O=S([O-])[O-]. The van der Waals surface area contributed by atoms with Gasteiger partial charge >= 0.3 is 6.16 Å². The van der Waals surface area contributed by atoms with Crippen LogP contribution < -0.4 is 0 Å². The second kappa shape index (κ2) is 21.3. The molecule has 0 bridgehead atoms. The third-order valence-electron chi connectivity index (χ3n) is 3.94. The fourth-order valence-corrected chi connectivity index (χ4v) is 2.64. The summed E-state index contributed by atoms with van der Waals surface area (Å²) in [5.41, 5.74) is 0. The van der Waals surface area contributed by atoms with E-state index in [1.54, 1.807) is 0 Å². The van der Waals surface area contributed by atoms with Crippen molar-refractivity contribution < 1.29 is 32.8 Å². The number of nitrogens with zero attached hydrogens (tertiary/aromatic N) is 1. The number of quaternary nitrogens is 1. The Morgan fingerprint density at radius 1 is 0.760 bits per heavy atom. The topological polar surface area (TPSA) is 121 Å². The number of rotatable bonds is 12. The van der Waals surface area contributed by atoms with Gasteiger partial charge in [-0.25, -0.2) is 4.79 Å². The highest BCUT2D eigenvalue weighted by Gasteiger charge is 2.24. The molecular formula is C17H38NO6S-. The van der Waals surface area contributed by atoms with Gasteiger partial charge in [0.25, 0.3) is 0 Å². The van der Waals surface area contributed by atoms with E-state index in [2.05, 4.69) is 27.7 Å². The lowest BCUT2D eigenvalue weighted by Crippen LogP contribution is -2.50. The zero-order valence-electron chi connectivity index (χ0n) is 16.4. The average Bonchev–Trinajstić information content (AvgIpc) is 2.52. The Morgan fingerprint density at radius 2 is 0.920 bits per heavy atom. The van der Waals surface area contributed by atoms with E-state index in [1.807, 2.05) is 0 Å². The first kappa shape index (κ1) is 29.1. The first-order valence-electron chi connectivity index (χ1n) is 9.24. The molecule has 0 unspecified atom stereocenters. The van der Waals surface area contributed by atoms with Crippen LogP contribution in [0.5, 0.6) is 0 Å². The molecule has 0 rings (SSSR count). The predicted molar refractivity (Wildman–Crippen MR) is 99.7 cm³/mol. The van der Waals surface area contributed by atoms with Gasteiger partial charge in [0.1, 0.15) is 0 Å². The number of hydrogen-bond acceptors (Lipinski definition) is 4. The number of carbonyl (C=O) groups is 1. The van der Waals surface area contributed by atoms with Gasteiger partial charge in [0.15, 0.2) is 0 Å². The predicted octanol–water partition coefficient (Wildman–Crippen LogP) is 4.22. The van der Waals surface area contributed by atoms with Crippen molar-refractivity contribution in [2.75, 3.05) is 26.2 Å². The summed E-state index contributed by atoms with van der Waals surface area (Å²) in [5.74, 6) is 0. The highest BCUT2D eigenvalue weighted by molar-refractivity contribution is 7.72. The summed E-state index contributed by atoms with van der Waals surface area (Å²) < 4.78 is 26.8. The Bertz CT molecular complexity index is 258. The van der Waals surface area contributed by atoms with Crippen LogP contribution in [0.3, 0.4) is 0 Å². The van der Waals surface area contributed by atoms with Crippen molar-refractivity contribution in [3.63, 3.8) is 0 Å². The monoisotopic (exact) mass is 384 g/mol. The van der Waals surface area contributed by atoms with E-state index in [1.165, 1.54) is 82.0 Å². The van der Waals surface area contributed by atoms with Gasteiger partial charge in [-0.1, -0.05) is 53.4 Å². The van der Waals surface area contributed by atoms with Crippen molar-refractivity contribution in [2.45, 2.75) is 79.1 Å². The van der Waals surface area contributed by atoms with Crippen LogP contribution in [0.25, 0.3) is 0 Å². The lowest BCUT2D eigenvalue weighted by atomic mass is 10.1. The van der Waals surface area contributed by atoms with E-state index >= 15 is 0 Å². The molecule has 0 saturated heterocycles. The van der Waals surface area contributed by atoms with Crippen LogP contribution in [-0.2, 0) is 11.4 Å². The van der Waals surface area contributed by atoms with Crippen molar-refractivity contribution in [1.29, 1.82) is 0 Å². The average molecular weight is 385 g/mol. The first-order chi connectivity index (χ1) is 11.7. The molecule has 2 N–H and O–H groups in total. The quantitative estimate of drug-likeness (QED) is 0.384. The highest BCUT2D eigenvalue weighted by Crippen LogP contribution is 2.16. The van der Waals surface area contributed by atoms with Gasteiger partial charge < -0.3 is 23.8 Å². The normalized spacial score (nSPS) is 10.5. The Balaban J connectivity index is -0.000000503. The molecule has 0 aliphatic rings. The van der Waals surface area contributed by atoms with E-state index in [-0.39, 0.29) is 0 Å². The summed E-state index contributed by atoms with van der Waals surface area (Å²) in [6.07, 6.45) is 9.23. The maximum absolute atomic E-state index is 8.56. The van der Waals surface area contributed by atoms with Crippen LogP contribution in [0.15, 0.2) is 0 Å². The first-order valence-corrected chi connectivity index (χ1v) is 10.2. The van der Waals surface area contributed by atoms with Gasteiger partial charge in [-0.2, -0.15) is 0 Å². The fourth-order valence-electron chi connectivity index (χ4n) is 2.64. The minimum atomic E-state index is -3.11. The number of unbranched alkanes of at least 4 members (excludes halogenated alkanes) is 4. The van der Waals surface area contributed by atoms with Crippen LogP contribution in [-0.4, -0.2) is 60.3 Å². The minimum Gasteiger partial charge on any atom is -0.784 e. The Kier molecular flexibility index (Phi) is 24.8. The second-order valence-electron chi connectivity index (χ2n) is 6.14. The van der Waals surface area contributed by atoms with Gasteiger partial charge in [-0.15, -0.1) is 11.4 Å². The lowest BCUT2D eigenvalue weighted by Gasteiger charge is -2.39. The zero-order valence-corrected chi connectivity index (χ0v) is 17.2. The molecule has 25 heavy (non-hydrogen) atoms. The zero-order chi connectivity index (χ0) is 20.1. The molecule has 0 aromatic carbocycles. The summed E-state index contributed by atoms with van der Waals surface area (Å²) in [6.45, 7) is 15.0. The van der Waals surface area contributed by atoms with Gasteiger partial charge in [-0.3, -0.25) is 4.21 Å². The summed E-state index contributed by atoms with van der Waals surface area (Å²) in [6, 6.07) is 0. The van der Waals surface area contributed by atoms with Gasteiger partial charge in [-0.05, 0) is 25.7 Å². The van der Waals surface area contributed by atoms with Crippen LogP contribution in [0.1, 0.15) is 79.1 Å². The largest absolute Gasteiger partial charge is 0.784 e. The molecule has 154 valence electrons. The molecule has 8 heteroatoms. The minimum absolute atomic E-state index is 1.35. The summed E-state index contributed by atoms with van der Waals surface area (Å²) in [7, 11) is 0. The van der Waals surface area contributed by atoms with E-state index in [9.17, 15) is 0 Å². The van der Waals surface area contributed by atoms with Crippen molar-refractivity contribution in [3.8, 4) is 0 Å². The van der Waals surface area contributed by atoms with Gasteiger partial charge in [0.05, 0.1) is 26.2 Å². The highest BCUT2D eigenvalue weighted by atomic mass is 32.2. The molecular weight excluding hydrogens is 346 g/mol. The van der Waals surface area contributed by atoms with Crippen molar-refractivity contribution >= 4 is 17.5 Å². The van der Waals surface area contributed by atoms with E-state index in [0.717, 1.165) is 0 Å². The summed E-state index contributed by atoms with van der Waals surface area (Å²) in [5, 5.41) is 13.9. The molecule has 0 fully saturated rings. The molecule has 0 aliphatic heterocycles. The maximum Gasteiger partial charge on any atom is 0.503 e. The standard InChI is InChI=1S/C16H36N.CH2O3.H2O3S/c1-5-9-13-17(14-10-6-2,15-11-7-3)16-12-8-4;2-1(3)4;1-4(2)3/h5-16H2,1-4H3;(H2,2,3,4);(H2,1,2,3)/q+1;;/p-2. The van der Waals surface area contributed by atoms with Crippen LogP contribution in [0.4, 0.5) is 4.79 Å². The van der Waals surface area contributed by atoms with Crippen molar-refractivity contribution in [3.05, 3.63) is 0 Å². The Hall–Kier alpha value is -0.700. The maximum atomic E-state index is 8.56. The fraction of sp³-hybridized carbons (Fsp3) is 0.941. The van der Waals surface area contributed by atoms with Gasteiger partial charge in [0, 0.05) is 0 Å². The molecule has 0 aromatic heterocycles. The number of carboxylic acid groups (broad SMARTS) is 2. The number of hydrogen-bond donors (Lipinski definition) is 2. The molecule has 0 aromatic rings. The molecule has 7 nitrogen and oxygen atoms in total. The van der Waals surface area contributed by atoms with Crippen LogP contribution >= 0.6 is 0 Å². The van der Waals surface area contributed by atoms with Crippen molar-refractivity contribution in [1.82, 2.24) is 0 Å². The molecule has 0 radical (unpaired) electrons. The Morgan fingerprint density at radius 3 is 1.04 bits per heavy atom. The van der Waals surface area contributed by atoms with Crippen molar-refractivity contribution in [2.24, 2.45) is 0 Å². The molecule has 0 saturated carbocycles. The van der Waals surface area contributed by atoms with Crippen LogP contribution in [0.2, 0.25) is 0 Å². The third kappa shape index (κ3) is 28.4. The van der Waals surface area contributed by atoms with E-state index < -0.39 is 17.5 Å². The molecule has 0 aliphatic carbocycles. The Labute approximate surface area is 156 Å².